The first-order valence-electron chi connectivity index (χ1n) is 8.34. The summed E-state index contributed by atoms with van der Waals surface area (Å²) in [5.41, 5.74) is 7.54. The number of allylic oxidation sites excluding steroid dienone is 3. The number of nitrogens with zero attached hydrogens (tertiary/aromatic N) is 1. The van der Waals surface area contributed by atoms with E-state index in [4.69, 9.17) is 5.73 Å². The van der Waals surface area contributed by atoms with Crippen LogP contribution in [0.3, 0.4) is 0 Å². The molecule has 6 heteroatoms. The maximum absolute atomic E-state index is 14.2. The number of anilines is 1. The van der Waals surface area contributed by atoms with Crippen molar-refractivity contribution in [2.45, 2.75) is 32.7 Å². The van der Waals surface area contributed by atoms with Gasteiger partial charge in [-0.25, -0.2) is 4.39 Å². The quantitative estimate of drug-likeness (QED) is 0.589. The zero-order valence-electron chi connectivity index (χ0n) is 15.3. The summed E-state index contributed by atoms with van der Waals surface area (Å²) in [4.78, 5) is 17.0. The number of benzene rings is 1. The molecular weight excluding hydrogens is 349 g/mol. The molecule has 0 radical (unpaired) electrons. The van der Waals surface area contributed by atoms with E-state index in [1.807, 2.05) is 13.8 Å². The molecule has 0 fully saturated rings. The Hall–Kier alpha value is -2.34. The van der Waals surface area contributed by atoms with Crippen molar-refractivity contribution in [1.29, 1.82) is 0 Å². The summed E-state index contributed by atoms with van der Waals surface area (Å²) in [5, 5.41) is 3.17. The first-order valence-corrected chi connectivity index (χ1v) is 9.33. The van der Waals surface area contributed by atoms with Crippen molar-refractivity contribution in [3.8, 4) is 0 Å². The minimum Gasteiger partial charge on any atom is -0.379 e. The average Bonchev–Trinajstić information content (AvgIpc) is 2.56. The number of carbonyl (C=O) groups is 1. The third-order valence-corrected chi connectivity index (χ3v) is 4.95. The smallest absolute Gasteiger partial charge is 0.255 e. The summed E-state index contributed by atoms with van der Waals surface area (Å²) in [6.07, 6.45) is 5.85. The molecule has 4 nitrogen and oxygen atoms in total. The van der Waals surface area contributed by atoms with Crippen LogP contribution in [0.25, 0.3) is 0 Å². The first-order chi connectivity index (χ1) is 12.2. The van der Waals surface area contributed by atoms with Crippen LogP contribution in [0.4, 0.5) is 10.1 Å². The predicted molar refractivity (Wildman–Crippen MR) is 109 cm³/mol. The lowest BCUT2D eigenvalue weighted by atomic mass is 9.89. The summed E-state index contributed by atoms with van der Waals surface area (Å²) >= 11 is 1.51. The van der Waals surface area contributed by atoms with Crippen molar-refractivity contribution in [2.75, 3.05) is 11.1 Å². The summed E-state index contributed by atoms with van der Waals surface area (Å²) < 4.78 is 14.2. The lowest BCUT2D eigenvalue weighted by molar-refractivity contribution is -0.112. The molecule has 1 heterocycles. The van der Waals surface area contributed by atoms with Gasteiger partial charge in [0.2, 0.25) is 0 Å². The van der Waals surface area contributed by atoms with Crippen molar-refractivity contribution in [1.82, 2.24) is 0 Å². The molecule has 1 atom stereocenters. The van der Waals surface area contributed by atoms with E-state index in [0.717, 1.165) is 23.3 Å². The summed E-state index contributed by atoms with van der Waals surface area (Å²) in [7, 11) is 0. The van der Waals surface area contributed by atoms with Crippen LogP contribution in [0, 0.1) is 5.82 Å². The molecule has 0 bridgehead atoms. The lowest BCUT2D eigenvalue weighted by Gasteiger charge is -2.30. The molecule has 26 heavy (non-hydrogen) atoms. The Kier molecular flexibility index (Phi) is 6.42. The average molecular weight is 373 g/mol. The van der Waals surface area contributed by atoms with Crippen molar-refractivity contribution in [2.24, 2.45) is 10.7 Å². The van der Waals surface area contributed by atoms with Gasteiger partial charge in [0.15, 0.2) is 5.17 Å². The van der Waals surface area contributed by atoms with Crippen LogP contribution in [0.15, 0.2) is 59.1 Å². The number of hydrogen-bond acceptors (Lipinski definition) is 4. The normalized spacial score (nSPS) is 20.8. The number of nitrogens with two attached hydrogens (primary N) is 1. The van der Waals surface area contributed by atoms with Crippen LogP contribution in [0.2, 0.25) is 0 Å². The Balaban J connectivity index is 2.29. The van der Waals surface area contributed by atoms with Crippen LogP contribution < -0.4 is 11.1 Å². The minimum absolute atomic E-state index is 0.129. The van der Waals surface area contributed by atoms with Gasteiger partial charge >= 0.3 is 0 Å². The van der Waals surface area contributed by atoms with Gasteiger partial charge in [-0.1, -0.05) is 42.1 Å². The van der Waals surface area contributed by atoms with Crippen molar-refractivity contribution < 1.29 is 9.18 Å². The van der Waals surface area contributed by atoms with Gasteiger partial charge in [-0.15, -0.1) is 0 Å². The Bertz CT molecular complexity index is 813. The molecule has 1 aliphatic rings. The van der Waals surface area contributed by atoms with Crippen molar-refractivity contribution in [3.05, 3.63) is 65.5 Å². The third kappa shape index (κ3) is 4.85. The Morgan fingerprint density at radius 3 is 2.81 bits per heavy atom. The van der Waals surface area contributed by atoms with Gasteiger partial charge in [0.1, 0.15) is 5.82 Å². The Morgan fingerprint density at radius 2 is 2.19 bits per heavy atom. The molecule has 0 saturated carbocycles. The fraction of sp³-hybridized carbons (Fsp3) is 0.300. The number of thioether (sulfide) groups is 1. The first kappa shape index (κ1) is 20.0. The summed E-state index contributed by atoms with van der Waals surface area (Å²) in [6.45, 7) is 9.32. The monoisotopic (exact) mass is 373 g/mol. The second kappa shape index (κ2) is 8.36. The van der Waals surface area contributed by atoms with Crippen LogP contribution in [0.1, 0.15) is 32.8 Å². The van der Waals surface area contributed by atoms with Crippen LogP contribution >= 0.6 is 11.8 Å². The van der Waals surface area contributed by atoms with E-state index in [1.165, 1.54) is 17.8 Å². The molecule has 1 aromatic rings. The predicted octanol–water partition coefficient (Wildman–Crippen LogP) is 4.51. The largest absolute Gasteiger partial charge is 0.379 e. The zero-order valence-corrected chi connectivity index (χ0v) is 16.1. The van der Waals surface area contributed by atoms with Gasteiger partial charge < -0.3 is 11.1 Å². The number of carbonyl (C=O) groups excluding carboxylic acids is 1. The van der Waals surface area contributed by atoms with Gasteiger partial charge in [-0.2, -0.15) is 0 Å². The zero-order chi connectivity index (χ0) is 19.3. The number of amidine groups is 1. The van der Waals surface area contributed by atoms with E-state index in [2.05, 4.69) is 16.9 Å². The van der Waals surface area contributed by atoms with E-state index in [-0.39, 0.29) is 11.6 Å². The number of halogens is 1. The molecule has 0 aliphatic carbocycles. The number of nitrogens with one attached hydrogen (secondary N) is 1. The van der Waals surface area contributed by atoms with Gasteiger partial charge in [0, 0.05) is 11.3 Å². The van der Waals surface area contributed by atoms with E-state index in [0.29, 0.717) is 10.7 Å². The van der Waals surface area contributed by atoms with Gasteiger partial charge in [0.25, 0.3) is 5.91 Å². The summed E-state index contributed by atoms with van der Waals surface area (Å²) in [6, 6.07) is 4.67. The number of aliphatic imine (C=N–C) groups is 1. The molecule has 0 spiro atoms. The van der Waals surface area contributed by atoms with E-state index in [1.54, 1.807) is 37.3 Å². The Labute approximate surface area is 158 Å². The number of rotatable bonds is 5. The second-order valence-corrected chi connectivity index (χ2v) is 7.51. The third-order valence-electron chi connectivity index (χ3n) is 4.15. The molecule has 138 valence electrons. The molecule has 0 aromatic heterocycles. The maximum Gasteiger partial charge on any atom is 0.255 e. The minimum atomic E-state index is -0.522. The molecule has 0 saturated heterocycles. The highest BCUT2D eigenvalue weighted by Gasteiger charge is 2.30. The molecule has 2 rings (SSSR count). The highest BCUT2D eigenvalue weighted by molar-refractivity contribution is 8.13. The fourth-order valence-electron chi connectivity index (χ4n) is 2.58. The van der Waals surface area contributed by atoms with E-state index < -0.39 is 11.4 Å². The number of amides is 1. The highest BCUT2D eigenvalue weighted by atomic mass is 32.2. The van der Waals surface area contributed by atoms with Crippen LogP contribution in [-0.4, -0.2) is 16.8 Å². The van der Waals surface area contributed by atoms with Crippen LogP contribution in [0.5, 0.6) is 0 Å². The van der Waals surface area contributed by atoms with Gasteiger partial charge in [-0.3, -0.25) is 9.79 Å². The molecule has 1 aliphatic heterocycles. The lowest BCUT2D eigenvalue weighted by Crippen LogP contribution is -2.29. The molecular formula is C20H24FN3OS. The SMILES string of the molecule is C=C(C)/C=C\C(=C/C)C(=O)Nc1cc(C2(C)CCSC(N)=N2)ccc1F. The van der Waals surface area contributed by atoms with Crippen molar-refractivity contribution >= 4 is 28.5 Å². The fourth-order valence-corrected chi connectivity index (χ4v) is 3.55. The van der Waals surface area contributed by atoms with Crippen molar-refractivity contribution in [3.63, 3.8) is 0 Å². The Morgan fingerprint density at radius 1 is 1.46 bits per heavy atom. The van der Waals surface area contributed by atoms with Crippen LogP contribution in [-0.2, 0) is 10.3 Å². The molecule has 1 amide bonds. The second-order valence-electron chi connectivity index (χ2n) is 6.39. The topological polar surface area (TPSA) is 67.5 Å². The molecule has 3 N–H and O–H groups in total. The van der Waals surface area contributed by atoms with Gasteiger partial charge in [0.05, 0.1) is 11.2 Å². The van der Waals surface area contributed by atoms with Gasteiger partial charge in [-0.05, 0) is 51.0 Å². The standard InChI is InChI=1S/C20H24FN3OS/c1-5-14(7-6-13(2)3)18(25)23-17-12-15(8-9-16(17)21)20(4)10-11-26-19(22)24-20/h5-9,12H,2,10-11H2,1,3-4H3,(H2,22,24)(H,23,25)/b7-6-,14-5+. The van der Waals surface area contributed by atoms with E-state index in [9.17, 15) is 9.18 Å². The van der Waals surface area contributed by atoms with E-state index >= 15 is 0 Å². The molecule has 1 unspecified atom stereocenters. The summed E-state index contributed by atoms with van der Waals surface area (Å²) in [5.74, 6) is -0.0279. The maximum atomic E-state index is 14.2. The molecule has 1 aromatic carbocycles. The number of hydrogen-bond donors (Lipinski definition) is 2. The highest BCUT2D eigenvalue weighted by Crippen LogP contribution is 2.36.